The Morgan fingerprint density at radius 3 is 2.85 bits per heavy atom. The standard InChI is InChI=1S/C15H16N2O2S/c1-11-10-20-15(18)17(11)9-12-5-6-14(19-2)13(8-12)4-3-7-16/h5-6,8,10H,7,9,16H2,1-2H3. The molecule has 0 spiro atoms. The minimum atomic E-state index is 0.0490. The van der Waals surface area contributed by atoms with Crippen molar-refractivity contribution in [2.45, 2.75) is 13.5 Å². The molecule has 0 bridgehead atoms. The lowest BCUT2D eigenvalue weighted by atomic mass is 10.1. The van der Waals surface area contributed by atoms with Gasteiger partial charge in [0.2, 0.25) is 0 Å². The zero-order chi connectivity index (χ0) is 14.5. The number of aromatic nitrogens is 1. The third-order valence-corrected chi connectivity index (χ3v) is 3.79. The molecule has 0 aliphatic carbocycles. The van der Waals surface area contributed by atoms with Crippen molar-refractivity contribution < 1.29 is 4.74 Å². The van der Waals surface area contributed by atoms with Gasteiger partial charge in [0, 0.05) is 11.1 Å². The van der Waals surface area contributed by atoms with Gasteiger partial charge >= 0.3 is 4.87 Å². The number of hydrogen-bond donors (Lipinski definition) is 1. The third-order valence-electron chi connectivity index (χ3n) is 2.91. The van der Waals surface area contributed by atoms with Crippen molar-refractivity contribution in [2.75, 3.05) is 13.7 Å². The van der Waals surface area contributed by atoms with Crippen molar-refractivity contribution in [1.29, 1.82) is 0 Å². The average Bonchev–Trinajstić information content (AvgIpc) is 2.77. The van der Waals surface area contributed by atoms with E-state index in [1.807, 2.05) is 30.5 Å². The molecule has 20 heavy (non-hydrogen) atoms. The average molecular weight is 288 g/mol. The van der Waals surface area contributed by atoms with Crippen LogP contribution in [0.4, 0.5) is 0 Å². The van der Waals surface area contributed by atoms with Gasteiger partial charge in [0.1, 0.15) is 5.75 Å². The second-order valence-electron chi connectivity index (χ2n) is 4.27. The number of hydrogen-bond acceptors (Lipinski definition) is 4. The lowest BCUT2D eigenvalue weighted by Gasteiger charge is -2.08. The number of benzene rings is 1. The molecule has 0 amide bonds. The molecule has 5 heteroatoms. The summed E-state index contributed by atoms with van der Waals surface area (Å²) in [5.74, 6) is 6.52. The van der Waals surface area contributed by atoms with E-state index in [4.69, 9.17) is 10.5 Å². The van der Waals surface area contributed by atoms with Gasteiger partial charge in [-0.2, -0.15) is 0 Å². The fourth-order valence-electron chi connectivity index (χ4n) is 1.88. The lowest BCUT2D eigenvalue weighted by molar-refractivity contribution is 0.413. The van der Waals surface area contributed by atoms with Crippen LogP contribution < -0.4 is 15.3 Å². The maximum Gasteiger partial charge on any atom is 0.307 e. The van der Waals surface area contributed by atoms with Gasteiger partial charge in [0.15, 0.2) is 0 Å². The Morgan fingerprint density at radius 2 is 2.25 bits per heavy atom. The summed E-state index contributed by atoms with van der Waals surface area (Å²) in [6.45, 7) is 2.77. The van der Waals surface area contributed by atoms with Gasteiger partial charge in [-0.3, -0.25) is 9.36 Å². The Morgan fingerprint density at radius 1 is 1.45 bits per heavy atom. The summed E-state index contributed by atoms with van der Waals surface area (Å²) in [6.07, 6.45) is 0. The first-order chi connectivity index (χ1) is 9.65. The summed E-state index contributed by atoms with van der Waals surface area (Å²) in [6, 6.07) is 5.74. The summed E-state index contributed by atoms with van der Waals surface area (Å²) in [5.41, 5.74) is 8.16. The Kier molecular flexibility index (Phi) is 4.61. The molecule has 0 unspecified atom stereocenters. The molecule has 0 saturated carbocycles. The molecular weight excluding hydrogens is 272 g/mol. The zero-order valence-corrected chi connectivity index (χ0v) is 12.3. The molecule has 0 radical (unpaired) electrons. The van der Waals surface area contributed by atoms with Gasteiger partial charge < -0.3 is 10.5 Å². The van der Waals surface area contributed by atoms with Crippen LogP contribution in [0.15, 0.2) is 28.4 Å². The van der Waals surface area contributed by atoms with E-state index in [1.165, 1.54) is 11.3 Å². The molecule has 104 valence electrons. The Labute approximate surface area is 121 Å². The van der Waals surface area contributed by atoms with Crippen molar-refractivity contribution in [1.82, 2.24) is 4.57 Å². The second kappa shape index (κ2) is 6.42. The molecule has 0 aliphatic heterocycles. The van der Waals surface area contributed by atoms with E-state index in [0.717, 1.165) is 16.8 Å². The highest BCUT2D eigenvalue weighted by Crippen LogP contribution is 2.19. The first-order valence-electron chi connectivity index (χ1n) is 6.16. The van der Waals surface area contributed by atoms with Gasteiger partial charge in [-0.25, -0.2) is 0 Å². The van der Waals surface area contributed by atoms with E-state index in [2.05, 4.69) is 11.8 Å². The van der Waals surface area contributed by atoms with Crippen LogP contribution in [-0.4, -0.2) is 18.2 Å². The monoisotopic (exact) mass is 288 g/mol. The molecule has 0 saturated heterocycles. The minimum absolute atomic E-state index is 0.0490. The summed E-state index contributed by atoms with van der Waals surface area (Å²) < 4.78 is 7.01. The van der Waals surface area contributed by atoms with Crippen LogP contribution in [0.3, 0.4) is 0 Å². The van der Waals surface area contributed by atoms with Gasteiger partial charge in [-0.1, -0.05) is 29.2 Å². The molecular formula is C15H16N2O2S. The number of nitrogens with two attached hydrogens (primary N) is 1. The predicted octanol–water partition coefficient (Wildman–Crippen LogP) is 1.59. The summed E-state index contributed by atoms with van der Waals surface area (Å²) in [5, 5.41) is 1.86. The molecule has 0 atom stereocenters. The quantitative estimate of drug-likeness (QED) is 0.873. The van der Waals surface area contributed by atoms with Crippen LogP contribution in [0.1, 0.15) is 16.8 Å². The third kappa shape index (κ3) is 3.10. The van der Waals surface area contributed by atoms with Crippen molar-refractivity contribution in [3.63, 3.8) is 0 Å². The van der Waals surface area contributed by atoms with Crippen LogP contribution in [0.2, 0.25) is 0 Å². The maximum absolute atomic E-state index is 11.7. The topological polar surface area (TPSA) is 57.2 Å². The Bertz CT molecular complexity index is 719. The second-order valence-corrected chi connectivity index (χ2v) is 5.09. The zero-order valence-electron chi connectivity index (χ0n) is 11.5. The van der Waals surface area contributed by atoms with E-state index in [9.17, 15) is 4.79 Å². The van der Waals surface area contributed by atoms with Crippen LogP contribution in [0.5, 0.6) is 5.75 Å². The van der Waals surface area contributed by atoms with Crippen molar-refractivity contribution >= 4 is 11.3 Å². The SMILES string of the molecule is COc1ccc(Cn2c(C)csc2=O)cc1C#CCN. The number of rotatable bonds is 3. The van der Waals surface area contributed by atoms with Crippen molar-refractivity contribution in [2.24, 2.45) is 5.73 Å². The lowest BCUT2D eigenvalue weighted by Crippen LogP contribution is -2.15. The predicted molar refractivity (Wildman–Crippen MR) is 81.3 cm³/mol. The van der Waals surface area contributed by atoms with E-state index >= 15 is 0 Å². The van der Waals surface area contributed by atoms with E-state index in [-0.39, 0.29) is 4.87 Å². The number of thiazole rings is 1. The summed E-state index contributed by atoms with van der Waals surface area (Å²) >= 11 is 1.21. The molecule has 1 heterocycles. The first-order valence-corrected chi connectivity index (χ1v) is 7.04. The molecule has 2 aromatic rings. The molecule has 1 aromatic carbocycles. The molecule has 0 fully saturated rings. The maximum atomic E-state index is 11.7. The van der Waals surface area contributed by atoms with E-state index in [0.29, 0.717) is 18.8 Å². The Balaban J connectivity index is 2.36. The first kappa shape index (κ1) is 14.4. The van der Waals surface area contributed by atoms with Gasteiger partial charge in [-0.15, -0.1) is 0 Å². The number of nitrogens with zero attached hydrogens (tertiary/aromatic N) is 1. The van der Waals surface area contributed by atoms with Gasteiger partial charge in [0.05, 0.1) is 25.8 Å². The smallest absolute Gasteiger partial charge is 0.307 e. The van der Waals surface area contributed by atoms with Gasteiger partial charge in [0.25, 0.3) is 0 Å². The summed E-state index contributed by atoms with van der Waals surface area (Å²) in [7, 11) is 1.61. The minimum Gasteiger partial charge on any atom is -0.495 e. The fourth-order valence-corrected chi connectivity index (χ4v) is 2.61. The van der Waals surface area contributed by atoms with Crippen molar-refractivity contribution in [3.8, 4) is 17.6 Å². The highest BCUT2D eigenvalue weighted by atomic mass is 32.1. The molecule has 4 nitrogen and oxygen atoms in total. The van der Waals surface area contributed by atoms with E-state index < -0.39 is 0 Å². The molecule has 2 rings (SSSR count). The highest BCUT2D eigenvalue weighted by molar-refractivity contribution is 7.07. The Hall–Kier alpha value is -2.03. The van der Waals surface area contributed by atoms with E-state index in [1.54, 1.807) is 11.7 Å². The largest absolute Gasteiger partial charge is 0.495 e. The van der Waals surface area contributed by atoms with Crippen LogP contribution in [0, 0.1) is 18.8 Å². The number of methoxy groups -OCH3 is 1. The fraction of sp³-hybridized carbons (Fsp3) is 0.267. The van der Waals surface area contributed by atoms with Crippen molar-refractivity contribution in [3.05, 3.63) is 50.1 Å². The van der Waals surface area contributed by atoms with Crippen LogP contribution in [-0.2, 0) is 6.54 Å². The molecule has 2 N–H and O–H groups in total. The highest BCUT2D eigenvalue weighted by Gasteiger charge is 2.06. The van der Waals surface area contributed by atoms with Crippen LogP contribution in [0.25, 0.3) is 0 Å². The molecule has 0 aliphatic rings. The summed E-state index contributed by atoms with van der Waals surface area (Å²) in [4.78, 5) is 11.8. The van der Waals surface area contributed by atoms with Gasteiger partial charge in [-0.05, 0) is 24.6 Å². The number of ether oxygens (including phenoxy) is 1. The normalized spacial score (nSPS) is 9.95. The molecule has 1 aromatic heterocycles. The van der Waals surface area contributed by atoms with Crippen LogP contribution >= 0.6 is 11.3 Å². The number of aryl methyl sites for hydroxylation is 1.